The number of rotatable bonds is 4. The molecule has 2 aromatic rings. The number of amides is 1. The molecular weight excluding hydrogens is 305 g/mol. The van der Waals surface area contributed by atoms with E-state index in [2.05, 4.69) is 15.5 Å². The predicted molar refractivity (Wildman–Crippen MR) is 75.6 cm³/mol. The van der Waals surface area contributed by atoms with Crippen molar-refractivity contribution in [1.82, 2.24) is 15.5 Å². The van der Waals surface area contributed by atoms with E-state index >= 15 is 0 Å². The van der Waals surface area contributed by atoms with Crippen LogP contribution in [0.2, 0.25) is 10.0 Å². The maximum atomic E-state index is 12.1. The highest BCUT2D eigenvalue weighted by Crippen LogP contribution is 2.33. The number of carbonyl (C=O) groups excluding carboxylic acids is 1. The van der Waals surface area contributed by atoms with Crippen molar-refractivity contribution in [2.24, 2.45) is 0 Å². The van der Waals surface area contributed by atoms with Gasteiger partial charge >= 0.3 is 0 Å². The first-order valence-electron chi connectivity index (χ1n) is 5.59. The minimum atomic E-state index is -0.448. The number of hydrogen-bond donors (Lipinski definition) is 3. The molecule has 0 fully saturated rings. The molecule has 1 aromatic carbocycles. The molecule has 20 heavy (non-hydrogen) atoms. The highest BCUT2D eigenvalue weighted by Gasteiger charge is 2.19. The van der Waals surface area contributed by atoms with Gasteiger partial charge in [-0.25, -0.2) is 0 Å². The lowest BCUT2D eigenvalue weighted by atomic mass is 10.2. The van der Waals surface area contributed by atoms with Crippen LogP contribution in [0.15, 0.2) is 23.0 Å². The van der Waals surface area contributed by atoms with Gasteiger partial charge in [-0.05, 0) is 12.1 Å². The number of benzene rings is 1. The first kappa shape index (κ1) is 14.5. The van der Waals surface area contributed by atoms with Crippen molar-refractivity contribution in [2.45, 2.75) is 6.54 Å². The Morgan fingerprint density at radius 2 is 2.00 bits per heavy atom. The van der Waals surface area contributed by atoms with E-state index in [-0.39, 0.29) is 33.5 Å². The largest absolute Gasteiger partial charge is 0.494 e. The van der Waals surface area contributed by atoms with Crippen LogP contribution in [-0.4, -0.2) is 23.2 Å². The number of ether oxygens (including phenoxy) is 1. The molecule has 0 radical (unpaired) electrons. The zero-order valence-corrected chi connectivity index (χ0v) is 11.9. The standard InChI is InChI=1S/C12H11Cl2N3O3/c1-20-11-8(14)3-2-7(13)10(11)12(19)15-5-6-4-9(18)17-16-6/h2-4H,5H2,1H3,(H,15,19)(H2,16,17,18). The molecule has 0 bridgehead atoms. The van der Waals surface area contributed by atoms with Gasteiger partial charge < -0.3 is 15.2 Å². The summed E-state index contributed by atoms with van der Waals surface area (Å²) < 4.78 is 5.09. The van der Waals surface area contributed by atoms with Crippen LogP contribution in [0, 0.1) is 0 Å². The molecule has 1 aromatic heterocycles. The van der Waals surface area contributed by atoms with Crippen molar-refractivity contribution in [3.63, 3.8) is 0 Å². The summed E-state index contributed by atoms with van der Waals surface area (Å²) in [6, 6.07) is 4.40. The highest BCUT2D eigenvalue weighted by atomic mass is 35.5. The van der Waals surface area contributed by atoms with Gasteiger partial charge in [-0.2, -0.15) is 0 Å². The minimum Gasteiger partial charge on any atom is -0.494 e. The maximum absolute atomic E-state index is 12.1. The fourth-order valence-electron chi connectivity index (χ4n) is 1.68. The van der Waals surface area contributed by atoms with Crippen LogP contribution in [0.4, 0.5) is 0 Å². The fourth-order valence-corrected chi connectivity index (χ4v) is 2.15. The van der Waals surface area contributed by atoms with Crippen LogP contribution in [0.1, 0.15) is 16.1 Å². The predicted octanol–water partition coefficient (Wildman–Crippen LogP) is 1.95. The third-order valence-corrected chi connectivity index (χ3v) is 3.19. The second-order valence-corrected chi connectivity index (χ2v) is 4.72. The van der Waals surface area contributed by atoms with Crippen LogP contribution >= 0.6 is 23.2 Å². The second kappa shape index (κ2) is 6.02. The van der Waals surface area contributed by atoms with Gasteiger partial charge in [0.05, 0.1) is 29.4 Å². The molecule has 0 aliphatic heterocycles. The number of H-pyrrole nitrogens is 2. The maximum Gasteiger partial charge on any atom is 0.264 e. The van der Waals surface area contributed by atoms with E-state index in [0.29, 0.717) is 5.69 Å². The summed E-state index contributed by atoms with van der Waals surface area (Å²) in [6.45, 7) is 0.142. The van der Waals surface area contributed by atoms with Gasteiger partial charge in [0.2, 0.25) is 0 Å². The van der Waals surface area contributed by atoms with Gasteiger partial charge in [-0.1, -0.05) is 23.2 Å². The molecule has 0 saturated carbocycles. The summed E-state index contributed by atoms with van der Waals surface area (Å²) in [6.07, 6.45) is 0. The minimum absolute atomic E-state index is 0.142. The SMILES string of the molecule is COc1c(Cl)ccc(Cl)c1C(=O)NCc1cc(=O)[nH][nH]1. The molecule has 0 aliphatic carbocycles. The quantitative estimate of drug-likeness (QED) is 0.806. The number of aromatic nitrogens is 2. The van der Waals surface area contributed by atoms with Gasteiger partial charge in [0.1, 0.15) is 5.56 Å². The molecule has 0 saturated heterocycles. The van der Waals surface area contributed by atoms with E-state index in [9.17, 15) is 9.59 Å². The zero-order valence-electron chi connectivity index (χ0n) is 10.4. The van der Waals surface area contributed by atoms with Crippen molar-refractivity contribution >= 4 is 29.1 Å². The van der Waals surface area contributed by atoms with Crippen LogP contribution in [0.25, 0.3) is 0 Å². The normalized spacial score (nSPS) is 10.3. The van der Waals surface area contributed by atoms with E-state index in [1.54, 1.807) is 6.07 Å². The molecule has 6 nitrogen and oxygen atoms in total. The number of halogens is 2. The third kappa shape index (κ3) is 2.97. The van der Waals surface area contributed by atoms with Crippen LogP contribution in [0.5, 0.6) is 5.75 Å². The molecule has 1 heterocycles. The summed E-state index contributed by atoms with van der Waals surface area (Å²) in [5.41, 5.74) is 0.424. The van der Waals surface area contributed by atoms with Crippen LogP contribution in [-0.2, 0) is 6.54 Å². The smallest absolute Gasteiger partial charge is 0.264 e. The van der Waals surface area contributed by atoms with Crippen molar-refractivity contribution in [1.29, 1.82) is 0 Å². The molecule has 0 spiro atoms. The average molecular weight is 316 g/mol. The van der Waals surface area contributed by atoms with Crippen LogP contribution < -0.4 is 15.6 Å². The van der Waals surface area contributed by atoms with E-state index in [1.165, 1.54) is 19.2 Å². The Morgan fingerprint density at radius 3 is 2.60 bits per heavy atom. The molecule has 1 amide bonds. The number of carbonyl (C=O) groups is 1. The average Bonchev–Trinajstić information content (AvgIpc) is 2.84. The van der Waals surface area contributed by atoms with Gasteiger partial charge in [0.25, 0.3) is 11.5 Å². The number of hydrogen-bond acceptors (Lipinski definition) is 3. The zero-order chi connectivity index (χ0) is 14.7. The molecule has 0 atom stereocenters. The van der Waals surface area contributed by atoms with Crippen molar-refractivity contribution in [3.05, 3.63) is 49.9 Å². The molecule has 8 heteroatoms. The Hall–Kier alpha value is -1.92. The molecule has 0 aliphatic rings. The summed E-state index contributed by atoms with van der Waals surface area (Å²) in [5.74, 6) is -0.240. The molecular formula is C12H11Cl2N3O3. The van der Waals surface area contributed by atoms with Crippen molar-refractivity contribution in [3.8, 4) is 5.75 Å². The lowest BCUT2D eigenvalue weighted by Gasteiger charge is -2.11. The Bertz CT molecular complexity index is 693. The third-order valence-electron chi connectivity index (χ3n) is 2.58. The number of aromatic amines is 2. The molecule has 2 rings (SSSR count). The van der Waals surface area contributed by atoms with E-state index in [0.717, 1.165) is 0 Å². The molecule has 3 N–H and O–H groups in total. The Labute approximate surface area is 124 Å². The monoisotopic (exact) mass is 315 g/mol. The topological polar surface area (TPSA) is 87.0 Å². The summed E-state index contributed by atoms with van der Waals surface area (Å²) in [5, 5.41) is 8.13. The summed E-state index contributed by atoms with van der Waals surface area (Å²) >= 11 is 11.9. The van der Waals surface area contributed by atoms with Crippen molar-refractivity contribution < 1.29 is 9.53 Å². The van der Waals surface area contributed by atoms with E-state index in [1.807, 2.05) is 0 Å². The van der Waals surface area contributed by atoms with Gasteiger partial charge in [-0.3, -0.25) is 14.7 Å². The highest BCUT2D eigenvalue weighted by molar-refractivity contribution is 6.37. The lowest BCUT2D eigenvalue weighted by molar-refractivity contribution is 0.0947. The summed E-state index contributed by atoms with van der Waals surface area (Å²) in [7, 11) is 1.40. The lowest BCUT2D eigenvalue weighted by Crippen LogP contribution is -2.24. The number of methoxy groups -OCH3 is 1. The van der Waals surface area contributed by atoms with E-state index in [4.69, 9.17) is 27.9 Å². The fraction of sp³-hybridized carbons (Fsp3) is 0.167. The number of nitrogens with one attached hydrogen (secondary N) is 3. The van der Waals surface area contributed by atoms with Gasteiger partial charge in [0, 0.05) is 6.07 Å². The molecule has 0 unspecified atom stereocenters. The van der Waals surface area contributed by atoms with Crippen molar-refractivity contribution in [2.75, 3.05) is 7.11 Å². The first-order valence-corrected chi connectivity index (χ1v) is 6.35. The van der Waals surface area contributed by atoms with Gasteiger partial charge in [-0.15, -0.1) is 0 Å². The molecule has 106 valence electrons. The van der Waals surface area contributed by atoms with Crippen LogP contribution in [0.3, 0.4) is 0 Å². The first-order chi connectivity index (χ1) is 9.52. The Kier molecular flexibility index (Phi) is 4.36. The second-order valence-electron chi connectivity index (χ2n) is 3.90. The Morgan fingerprint density at radius 1 is 1.30 bits per heavy atom. The summed E-state index contributed by atoms with van der Waals surface area (Å²) in [4.78, 5) is 23.1. The van der Waals surface area contributed by atoms with E-state index < -0.39 is 5.91 Å². The Balaban J connectivity index is 2.21. The van der Waals surface area contributed by atoms with Gasteiger partial charge in [0.15, 0.2) is 5.75 Å².